The van der Waals surface area contributed by atoms with Crippen molar-refractivity contribution >= 4 is 39.1 Å². The summed E-state index contributed by atoms with van der Waals surface area (Å²) in [6, 6.07) is 12.4. The summed E-state index contributed by atoms with van der Waals surface area (Å²) < 4.78 is 34.8. The van der Waals surface area contributed by atoms with Crippen molar-refractivity contribution < 1.29 is 27.5 Å². The highest BCUT2D eigenvalue weighted by Crippen LogP contribution is 2.21. The normalized spacial score (nSPS) is 10.9. The quantitative estimate of drug-likeness (QED) is 0.489. The Hall–Kier alpha value is -2.58. The van der Waals surface area contributed by atoms with Gasteiger partial charge in [-0.2, -0.15) is 0 Å². The minimum Gasteiger partial charge on any atom is -0.497 e. The molecule has 0 radical (unpaired) electrons. The average molecular weight is 412 g/mol. The minimum atomic E-state index is -3.75. The van der Waals surface area contributed by atoms with E-state index in [9.17, 15) is 18.0 Å². The predicted octanol–water partition coefficient (Wildman–Crippen LogP) is 2.54. The molecule has 0 unspecified atom stereocenters. The number of ketones is 1. The molecule has 0 saturated heterocycles. The third kappa shape index (κ3) is 5.97. The van der Waals surface area contributed by atoms with Gasteiger partial charge in [-0.3, -0.25) is 13.9 Å². The first kappa shape index (κ1) is 20.7. The molecule has 144 valence electrons. The third-order valence-electron chi connectivity index (χ3n) is 3.55. The number of esters is 1. The Morgan fingerprint density at radius 1 is 1.11 bits per heavy atom. The van der Waals surface area contributed by atoms with Crippen molar-refractivity contribution in [3.63, 3.8) is 0 Å². The lowest BCUT2D eigenvalue weighted by atomic mass is 10.1. The van der Waals surface area contributed by atoms with Gasteiger partial charge in [0.25, 0.3) is 0 Å². The Morgan fingerprint density at radius 2 is 1.78 bits per heavy atom. The third-order valence-corrected chi connectivity index (χ3v) is 4.92. The van der Waals surface area contributed by atoms with Gasteiger partial charge in [0.2, 0.25) is 10.0 Å². The van der Waals surface area contributed by atoms with E-state index in [4.69, 9.17) is 21.1 Å². The number of nitrogens with zero attached hydrogens (tertiary/aromatic N) is 1. The maximum Gasteiger partial charge on any atom is 0.327 e. The lowest BCUT2D eigenvalue weighted by Gasteiger charge is -2.21. The molecular weight excluding hydrogens is 394 g/mol. The van der Waals surface area contributed by atoms with E-state index >= 15 is 0 Å². The van der Waals surface area contributed by atoms with E-state index in [1.807, 2.05) is 0 Å². The van der Waals surface area contributed by atoms with E-state index < -0.39 is 34.9 Å². The minimum absolute atomic E-state index is 0.225. The van der Waals surface area contributed by atoms with E-state index in [-0.39, 0.29) is 5.69 Å². The second-order valence-corrected chi connectivity index (χ2v) is 7.91. The van der Waals surface area contributed by atoms with Crippen LogP contribution in [0.3, 0.4) is 0 Å². The molecule has 27 heavy (non-hydrogen) atoms. The lowest BCUT2D eigenvalue weighted by Crippen LogP contribution is -2.36. The molecule has 0 bridgehead atoms. The van der Waals surface area contributed by atoms with E-state index in [1.165, 1.54) is 19.2 Å². The van der Waals surface area contributed by atoms with Crippen molar-refractivity contribution in [2.75, 3.05) is 30.8 Å². The van der Waals surface area contributed by atoms with Crippen LogP contribution in [0.25, 0.3) is 0 Å². The summed E-state index contributed by atoms with van der Waals surface area (Å²) >= 11 is 5.88. The van der Waals surface area contributed by atoms with Gasteiger partial charge < -0.3 is 9.47 Å². The van der Waals surface area contributed by atoms with Crippen LogP contribution in [-0.2, 0) is 19.6 Å². The van der Waals surface area contributed by atoms with Gasteiger partial charge in [-0.15, -0.1) is 0 Å². The zero-order valence-electron chi connectivity index (χ0n) is 14.7. The molecule has 0 heterocycles. The largest absolute Gasteiger partial charge is 0.497 e. The van der Waals surface area contributed by atoms with Crippen LogP contribution in [0.15, 0.2) is 48.5 Å². The number of carbonyl (C=O) groups is 2. The van der Waals surface area contributed by atoms with Crippen molar-refractivity contribution in [2.24, 2.45) is 0 Å². The summed E-state index contributed by atoms with van der Waals surface area (Å²) in [6.45, 7) is -1.08. The fraction of sp³-hybridized carbons (Fsp3) is 0.222. The maximum absolute atomic E-state index is 12.1. The average Bonchev–Trinajstić information content (AvgIpc) is 2.63. The second-order valence-electron chi connectivity index (χ2n) is 5.56. The first-order valence-corrected chi connectivity index (χ1v) is 9.99. The van der Waals surface area contributed by atoms with Crippen molar-refractivity contribution in [1.29, 1.82) is 0 Å². The smallest absolute Gasteiger partial charge is 0.327 e. The topological polar surface area (TPSA) is 90.0 Å². The summed E-state index contributed by atoms with van der Waals surface area (Å²) in [5, 5.41) is 0.323. The Morgan fingerprint density at radius 3 is 2.33 bits per heavy atom. The van der Waals surface area contributed by atoms with Gasteiger partial charge in [0.1, 0.15) is 12.3 Å². The fourth-order valence-electron chi connectivity index (χ4n) is 2.20. The molecule has 0 aliphatic heterocycles. The molecule has 0 spiro atoms. The molecule has 0 fully saturated rings. The van der Waals surface area contributed by atoms with Crippen LogP contribution in [0.1, 0.15) is 10.4 Å². The van der Waals surface area contributed by atoms with Gasteiger partial charge in [-0.1, -0.05) is 17.7 Å². The Bertz CT molecular complexity index is 927. The van der Waals surface area contributed by atoms with Crippen molar-refractivity contribution in [2.45, 2.75) is 0 Å². The lowest BCUT2D eigenvalue weighted by molar-refractivity contribution is -0.140. The van der Waals surface area contributed by atoms with E-state index in [0.717, 1.165) is 10.6 Å². The molecule has 7 nitrogen and oxygen atoms in total. The van der Waals surface area contributed by atoms with Gasteiger partial charge in [0, 0.05) is 10.6 Å². The molecule has 9 heteroatoms. The van der Waals surface area contributed by atoms with Crippen LogP contribution in [0, 0.1) is 0 Å². The molecular formula is C18H18ClNO6S. The first-order valence-electron chi connectivity index (χ1n) is 7.77. The highest BCUT2D eigenvalue weighted by atomic mass is 35.5. The highest BCUT2D eigenvalue weighted by Gasteiger charge is 2.22. The number of rotatable bonds is 8. The fourth-order valence-corrected chi connectivity index (χ4v) is 3.22. The van der Waals surface area contributed by atoms with Crippen LogP contribution in [0.5, 0.6) is 5.75 Å². The van der Waals surface area contributed by atoms with Gasteiger partial charge in [0.15, 0.2) is 12.4 Å². The van der Waals surface area contributed by atoms with Crippen molar-refractivity contribution in [3.8, 4) is 5.75 Å². The monoisotopic (exact) mass is 411 g/mol. The number of halogens is 1. The zero-order valence-corrected chi connectivity index (χ0v) is 16.3. The maximum atomic E-state index is 12.1. The summed E-state index contributed by atoms with van der Waals surface area (Å²) in [5.74, 6) is -0.684. The molecule has 0 N–H and O–H groups in total. The molecule has 0 amide bonds. The number of benzene rings is 2. The van der Waals surface area contributed by atoms with Crippen LogP contribution < -0.4 is 9.04 Å². The Balaban J connectivity index is 2.02. The SMILES string of the molecule is COc1ccc(C(=O)COC(=O)CN(c2cccc(Cl)c2)S(C)(=O)=O)cc1. The standard InChI is InChI=1S/C18H18ClNO6S/c1-25-16-8-6-13(7-9-16)17(21)12-26-18(22)11-20(27(2,23)24)15-5-3-4-14(19)10-15/h3-10H,11-12H2,1-2H3. The summed E-state index contributed by atoms with van der Waals surface area (Å²) in [4.78, 5) is 24.1. The van der Waals surface area contributed by atoms with Crippen LogP contribution >= 0.6 is 11.6 Å². The number of hydrogen-bond donors (Lipinski definition) is 0. The Kier molecular flexibility index (Phi) is 6.81. The highest BCUT2D eigenvalue weighted by molar-refractivity contribution is 7.92. The number of methoxy groups -OCH3 is 1. The number of sulfonamides is 1. The van der Waals surface area contributed by atoms with E-state index in [2.05, 4.69) is 0 Å². The summed E-state index contributed by atoms with van der Waals surface area (Å²) in [7, 11) is -2.25. The molecule has 0 aromatic heterocycles. The Labute approximate surface area is 162 Å². The van der Waals surface area contributed by atoms with Crippen LogP contribution in [0.4, 0.5) is 5.69 Å². The molecule has 0 aliphatic rings. The van der Waals surface area contributed by atoms with Crippen LogP contribution in [-0.4, -0.2) is 46.7 Å². The van der Waals surface area contributed by atoms with Gasteiger partial charge in [-0.25, -0.2) is 8.42 Å². The van der Waals surface area contributed by atoms with Crippen molar-refractivity contribution in [1.82, 2.24) is 0 Å². The predicted molar refractivity (Wildman–Crippen MR) is 102 cm³/mol. The molecule has 0 atom stereocenters. The van der Waals surface area contributed by atoms with Crippen molar-refractivity contribution in [3.05, 3.63) is 59.1 Å². The molecule has 2 aromatic rings. The molecule has 2 aromatic carbocycles. The number of hydrogen-bond acceptors (Lipinski definition) is 6. The van der Waals surface area contributed by atoms with Gasteiger partial charge in [0.05, 0.1) is 19.1 Å². The number of carbonyl (C=O) groups excluding carboxylic acids is 2. The molecule has 0 aliphatic carbocycles. The second kappa shape index (κ2) is 8.88. The summed E-state index contributed by atoms with van der Waals surface area (Å²) in [5.41, 5.74) is 0.571. The zero-order chi connectivity index (χ0) is 20.0. The van der Waals surface area contributed by atoms with E-state index in [1.54, 1.807) is 36.4 Å². The number of ether oxygens (including phenoxy) is 2. The van der Waals surface area contributed by atoms with Gasteiger partial charge >= 0.3 is 5.97 Å². The van der Waals surface area contributed by atoms with E-state index in [0.29, 0.717) is 16.3 Å². The van der Waals surface area contributed by atoms with Gasteiger partial charge in [-0.05, 0) is 42.5 Å². The molecule has 2 rings (SSSR count). The number of anilines is 1. The number of Topliss-reactive ketones (excluding diaryl/α,β-unsaturated/α-hetero) is 1. The molecule has 0 saturated carbocycles. The first-order chi connectivity index (χ1) is 12.7. The summed E-state index contributed by atoms with van der Waals surface area (Å²) in [6.07, 6.45) is 0.962. The van der Waals surface area contributed by atoms with Crippen LogP contribution in [0.2, 0.25) is 5.02 Å².